The lowest BCUT2D eigenvalue weighted by molar-refractivity contribution is 0.669. The van der Waals surface area contributed by atoms with Crippen LogP contribution in [0.4, 0.5) is 0 Å². The smallest absolute Gasteiger partial charge is 0.164 e. The van der Waals surface area contributed by atoms with Crippen molar-refractivity contribution in [1.29, 1.82) is 0 Å². The molecule has 0 aliphatic heterocycles. The SMILES string of the molecule is c1ccc(-c2nc(-c3ccccc3)nc(-c3cccc4oc5cccc(-c6cccc7sc8ccc(-n9c%10ccccc%10c%10ccccc%109)cc8c67)c5c34)n2)cc1. The van der Waals surface area contributed by atoms with Crippen molar-refractivity contribution in [3.05, 3.63) is 182 Å². The summed E-state index contributed by atoms with van der Waals surface area (Å²) in [7, 11) is 0. The molecule has 0 saturated heterocycles. The standard InChI is InChI=1S/C51H30N4OS/c1-3-14-31(15-4-1)49-52-50(32-16-5-2-6-17-32)54-51(53-49)38-22-12-26-43-48(38)47-37(20-11-25-42(47)56-43)36-21-13-27-45-46(36)39-30-33(28-29-44(39)57-45)55-40-23-9-7-18-34(40)35-19-8-10-24-41(35)55/h1-30H. The predicted molar refractivity (Wildman–Crippen MR) is 236 cm³/mol. The second kappa shape index (κ2) is 12.6. The zero-order valence-corrected chi connectivity index (χ0v) is 31.2. The van der Waals surface area contributed by atoms with Crippen LogP contribution in [0.3, 0.4) is 0 Å². The summed E-state index contributed by atoms with van der Waals surface area (Å²) >= 11 is 1.83. The van der Waals surface area contributed by atoms with Gasteiger partial charge in [-0.2, -0.15) is 0 Å². The highest BCUT2D eigenvalue weighted by Gasteiger charge is 2.22. The number of hydrogen-bond acceptors (Lipinski definition) is 5. The Bertz CT molecular complexity index is 3420. The highest BCUT2D eigenvalue weighted by atomic mass is 32.1. The van der Waals surface area contributed by atoms with Gasteiger partial charge in [0.15, 0.2) is 17.5 Å². The molecule has 0 aliphatic carbocycles. The first-order chi connectivity index (χ1) is 28.3. The lowest BCUT2D eigenvalue weighted by atomic mass is 9.94. The van der Waals surface area contributed by atoms with Gasteiger partial charge >= 0.3 is 0 Å². The molecule has 4 aromatic heterocycles. The Morgan fingerprint density at radius 2 is 0.912 bits per heavy atom. The number of thiophene rings is 1. The summed E-state index contributed by atoms with van der Waals surface area (Å²) < 4.78 is 11.6. The van der Waals surface area contributed by atoms with Crippen molar-refractivity contribution in [1.82, 2.24) is 19.5 Å². The molecule has 12 rings (SSSR count). The Balaban J connectivity index is 1.11. The molecule has 0 unspecified atom stereocenters. The second-order valence-corrected chi connectivity index (χ2v) is 15.4. The molecule has 0 radical (unpaired) electrons. The number of rotatable bonds is 5. The molecule has 6 heteroatoms. The van der Waals surface area contributed by atoms with Crippen LogP contribution < -0.4 is 0 Å². The molecule has 0 bridgehead atoms. The molecule has 57 heavy (non-hydrogen) atoms. The van der Waals surface area contributed by atoms with Gasteiger partial charge in [-0.15, -0.1) is 11.3 Å². The van der Waals surface area contributed by atoms with Crippen molar-refractivity contribution >= 4 is 75.3 Å². The molecule has 4 heterocycles. The van der Waals surface area contributed by atoms with Gasteiger partial charge < -0.3 is 8.98 Å². The number of benzene rings is 8. The lowest BCUT2D eigenvalue weighted by Gasteiger charge is -2.11. The van der Waals surface area contributed by atoms with E-state index in [0.717, 1.165) is 55.4 Å². The summed E-state index contributed by atoms with van der Waals surface area (Å²) in [4.78, 5) is 15.2. The van der Waals surface area contributed by atoms with Crippen LogP contribution >= 0.6 is 11.3 Å². The third-order valence-electron chi connectivity index (χ3n) is 11.1. The van der Waals surface area contributed by atoms with Crippen molar-refractivity contribution in [3.63, 3.8) is 0 Å². The Kier molecular flexibility index (Phi) is 7.03. The zero-order valence-electron chi connectivity index (χ0n) is 30.4. The van der Waals surface area contributed by atoms with Crippen LogP contribution in [0.5, 0.6) is 0 Å². The maximum Gasteiger partial charge on any atom is 0.164 e. The maximum absolute atomic E-state index is 6.67. The first-order valence-electron chi connectivity index (χ1n) is 19.0. The lowest BCUT2D eigenvalue weighted by Crippen LogP contribution is -2.00. The minimum absolute atomic E-state index is 0.598. The average molecular weight is 747 g/mol. The summed E-state index contributed by atoms with van der Waals surface area (Å²) in [5, 5.41) is 6.99. The molecule has 0 aliphatic rings. The van der Waals surface area contributed by atoms with E-state index in [2.05, 4.69) is 114 Å². The van der Waals surface area contributed by atoms with E-state index in [1.165, 1.54) is 42.0 Å². The zero-order chi connectivity index (χ0) is 37.5. The molecule has 266 valence electrons. The summed E-state index contributed by atoms with van der Waals surface area (Å²) in [6.45, 7) is 0. The van der Waals surface area contributed by atoms with Gasteiger partial charge in [-0.3, -0.25) is 0 Å². The van der Waals surface area contributed by atoms with Crippen molar-refractivity contribution in [2.45, 2.75) is 0 Å². The number of fused-ring (bicyclic) bond motifs is 9. The van der Waals surface area contributed by atoms with Crippen LogP contribution in [0.1, 0.15) is 0 Å². The van der Waals surface area contributed by atoms with Gasteiger partial charge in [0.25, 0.3) is 0 Å². The van der Waals surface area contributed by atoms with Crippen molar-refractivity contribution < 1.29 is 4.42 Å². The van der Waals surface area contributed by atoms with E-state index in [9.17, 15) is 0 Å². The number of hydrogen-bond donors (Lipinski definition) is 0. The van der Waals surface area contributed by atoms with E-state index in [1.807, 2.05) is 84.1 Å². The third-order valence-corrected chi connectivity index (χ3v) is 12.2. The minimum Gasteiger partial charge on any atom is -0.456 e. The van der Waals surface area contributed by atoms with E-state index in [4.69, 9.17) is 19.4 Å². The van der Waals surface area contributed by atoms with Crippen molar-refractivity contribution in [3.8, 4) is 51.0 Å². The monoisotopic (exact) mass is 746 g/mol. The Morgan fingerprint density at radius 1 is 0.386 bits per heavy atom. The second-order valence-electron chi connectivity index (χ2n) is 14.3. The topological polar surface area (TPSA) is 56.7 Å². The van der Waals surface area contributed by atoms with Gasteiger partial charge in [0.1, 0.15) is 11.2 Å². The fourth-order valence-electron chi connectivity index (χ4n) is 8.59. The van der Waals surface area contributed by atoms with E-state index < -0.39 is 0 Å². The fourth-order valence-corrected chi connectivity index (χ4v) is 9.70. The normalized spacial score (nSPS) is 11.9. The quantitative estimate of drug-likeness (QED) is 0.176. The minimum atomic E-state index is 0.598. The summed E-state index contributed by atoms with van der Waals surface area (Å²) in [6.07, 6.45) is 0. The summed E-state index contributed by atoms with van der Waals surface area (Å²) in [5.41, 5.74) is 10.2. The van der Waals surface area contributed by atoms with Crippen LogP contribution in [0, 0.1) is 0 Å². The highest BCUT2D eigenvalue weighted by Crippen LogP contribution is 2.46. The number of para-hydroxylation sites is 2. The molecule has 0 fully saturated rings. The summed E-state index contributed by atoms with van der Waals surface area (Å²) in [5.74, 6) is 1.84. The van der Waals surface area contributed by atoms with Crippen molar-refractivity contribution in [2.24, 2.45) is 0 Å². The van der Waals surface area contributed by atoms with Gasteiger partial charge in [0.05, 0.1) is 11.0 Å². The Morgan fingerprint density at radius 3 is 1.56 bits per heavy atom. The van der Waals surface area contributed by atoms with Crippen LogP contribution in [0.15, 0.2) is 186 Å². The molecule has 8 aromatic carbocycles. The van der Waals surface area contributed by atoms with E-state index in [1.54, 1.807) is 0 Å². The van der Waals surface area contributed by atoms with E-state index in [-0.39, 0.29) is 0 Å². The molecule has 0 atom stereocenters. The van der Waals surface area contributed by atoms with Crippen LogP contribution in [0.25, 0.3) is 115 Å². The molecule has 0 spiro atoms. The first kappa shape index (κ1) is 31.9. The highest BCUT2D eigenvalue weighted by molar-refractivity contribution is 7.26. The molecule has 0 amide bonds. The number of nitrogens with zero attached hydrogens (tertiary/aromatic N) is 4. The average Bonchev–Trinajstić information content (AvgIpc) is 3.96. The van der Waals surface area contributed by atoms with Gasteiger partial charge in [-0.1, -0.05) is 133 Å². The third kappa shape index (κ3) is 4.98. The van der Waals surface area contributed by atoms with Gasteiger partial charge in [-0.05, 0) is 59.7 Å². The van der Waals surface area contributed by atoms with E-state index >= 15 is 0 Å². The molecule has 0 saturated carbocycles. The maximum atomic E-state index is 6.67. The number of aromatic nitrogens is 4. The van der Waals surface area contributed by atoms with E-state index in [0.29, 0.717) is 17.5 Å². The number of furan rings is 1. The van der Waals surface area contributed by atoms with Crippen LogP contribution in [0.2, 0.25) is 0 Å². The Labute approximate surface area is 330 Å². The molecule has 0 N–H and O–H groups in total. The van der Waals surface area contributed by atoms with Gasteiger partial charge in [0, 0.05) is 64.1 Å². The van der Waals surface area contributed by atoms with Crippen LogP contribution in [-0.2, 0) is 0 Å². The largest absolute Gasteiger partial charge is 0.456 e. The van der Waals surface area contributed by atoms with Gasteiger partial charge in [-0.25, -0.2) is 15.0 Å². The first-order valence-corrected chi connectivity index (χ1v) is 19.8. The fraction of sp³-hybridized carbons (Fsp3) is 0. The molecular weight excluding hydrogens is 717 g/mol. The van der Waals surface area contributed by atoms with Crippen molar-refractivity contribution in [2.75, 3.05) is 0 Å². The Hall–Kier alpha value is -7.41. The van der Waals surface area contributed by atoms with Crippen LogP contribution in [-0.4, -0.2) is 19.5 Å². The molecular formula is C51H30N4OS. The van der Waals surface area contributed by atoms with Gasteiger partial charge in [0.2, 0.25) is 0 Å². The summed E-state index contributed by atoms with van der Waals surface area (Å²) in [6, 6.07) is 63.7. The predicted octanol–water partition coefficient (Wildman–Crippen LogP) is 13.9. The molecule has 12 aromatic rings. The molecule has 5 nitrogen and oxygen atoms in total.